The first kappa shape index (κ1) is 12.1. The van der Waals surface area contributed by atoms with Gasteiger partial charge in [0, 0.05) is 0 Å². The number of methoxy groups -OCH3 is 1. The average molecular weight is 246 g/mol. The van der Waals surface area contributed by atoms with E-state index in [0.717, 1.165) is 5.56 Å². The molecule has 0 spiro atoms. The molecule has 0 aliphatic carbocycles. The highest BCUT2D eigenvalue weighted by Crippen LogP contribution is 2.27. The van der Waals surface area contributed by atoms with E-state index in [1.165, 1.54) is 17.3 Å². The highest BCUT2D eigenvalue weighted by Gasteiger charge is 2.03. The van der Waals surface area contributed by atoms with Crippen LogP contribution in [0.15, 0.2) is 36.0 Å². The fourth-order valence-electron chi connectivity index (χ4n) is 1.43. The Balaban J connectivity index is 2.21. The third-order valence-electron chi connectivity index (χ3n) is 2.23. The van der Waals surface area contributed by atoms with Crippen molar-refractivity contribution in [2.24, 2.45) is 5.10 Å². The van der Waals surface area contributed by atoms with Gasteiger partial charge in [0.25, 0.3) is 0 Å². The molecule has 2 rings (SSSR count). The highest BCUT2D eigenvalue weighted by molar-refractivity contribution is 5.80. The van der Waals surface area contributed by atoms with E-state index < -0.39 is 0 Å². The second kappa shape index (κ2) is 5.81. The van der Waals surface area contributed by atoms with Gasteiger partial charge in [-0.1, -0.05) is 0 Å². The van der Waals surface area contributed by atoms with Gasteiger partial charge in [0.2, 0.25) is 0 Å². The van der Waals surface area contributed by atoms with Gasteiger partial charge >= 0.3 is 0 Å². The van der Waals surface area contributed by atoms with Crippen molar-refractivity contribution in [2.75, 3.05) is 13.7 Å². The molecule has 1 heterocycles. The molecule has 0 amide bonds. The lowest BCUT2D eigenvalue weighted by molar-refractivity contribution is 0.311. The van der Waals surface area contributed by atoms with Gasteiger partial charge in [0.15, 0.2) is 11.5 Å². The molecule has 0 aliphatic heterocycles. The van der Waals surface area contributed by atoms with Gasteiger partial charge < -0.3 is 9.47 Å². The lowest BCUT2D eigenvalue weighted by atomic mass is 10.2. The van der Waals surface area contributed by atoms with Gasteiger partial charge in [0.1, 0.15) is 12.7 Å². The number of aromatic nitrogens is 3. The van der Waals surface area contributed by atoms with Crippen LogP contribution in [0.25, 0.3) is 0 Å². The van der Waals surface area contributed by atoms with Crippen molar-refractivity contribution in [3.8, 4) is 11.5 Å². The summed E-state index contributed by atoms with van der Waals surface area (Å²) >= 11 is 0. The quantitative estimate of drug-likeness (QED) is 0.751. The van der Waals surface area contributed by atoms with Crippen LogP contribution in [0.4, 0.5) is 0 Å². The van der Waals surface area contributed by atoms with Gasteiger partial charge in [0.05, 0.1) is 19.9 Å². The molecule has 0 radical (unpaired) electrons. The van der Waals surface area contributed by atoms with E-state index in [1.807, 2.05) is 25.1 Å². The molecule has 0 saturated heterocycles. The van der Waals surface area contributed by atoms with Gasteiger partial charge in [-0.3, -0.25) is 0 Å². The molecule has 6 nitrogen and oxygen atoms in total. The smallest absolute Gasteiger partial charge is 0.161 e. The Morgan fingerprint density at radius 3 is 2.72 bits per heavy atom. The summed E-state index contributed by atoms with van der Waals surface area (Å²) in [6.45, 7) is 2.51. The second-order valence-corrected chi connectivity index (χ2v) is 3.43. The van der Waals surface area contributed by atoms with Crippen molar-refractivity contribution >= 4 is 6.21 Å². The van der Waals surface area contributed by atoms with Crippen molar-refractivity contribution in [2.45, 2.75) is 6.92 Å². The van der Waals surface area contributed by atoms with Gasteiger partial charge in [-0.25, -0.2) is 4.68 Å². The third kappa shape index (κ3) is 2.85. The number of benzene rings is 1. The third-order valence-corrected chi connectivity index (χ3v) is 2.23. The van der Waals surface area contributed by atoms with Crippen LogP contribution in [0.5, 0.6) is 11.5 Å². The summed E-state index contributed by atoms with van der Waals surface area (Å²) in [5.41, 5.74) is 0.910. The fourth-order valence-corrected chi connectivity index (χ4v) is 1.43. The highest BCUT2D eigenvalue weighted by atomic mass is 16.5. The maximum Gasteiger partial charge on any atom is 0.161 e. The van der Waals surface area contributed by atoms with Crippen LogP contribution in [-0.2, 0) is 0 Å². The Bertz CT molecular complexity index is 523. The van der Waals surface area contributed by atoms with Gasteiger partial charge in [-0.05, 0) is 30.7 Å². The second-order valence-electron chi connectivity index (χ2n) is 3.43. The molecule has 0 atom stereocenters. The minimum Gasteiger partial charge on any atom is -0.493 e. The molecule has 0 fully saturated rings. The lowest BCUT2D eigenvalue weighted by Gasteiger charge is -2.09. The predicted molar refractivity (Wildman–Crippen MR) is 67.2 cm³/mol. The summed E-state index contributed by atoms with van der Waals surface area (Å²) in [5.74, 6) is 1.41. The lowest BCUT2D eigenvalue weighted by Crippen LogP contribution is -1.96. The van der Waals surface area contributed by atoms with E-state index in [1.54, 1.807) is 13.3 Å². The summed E-state index contributed by atoms with van der Waals surface area (Å²) in [4.78, 5) is 0. The minimum absolute atomic E-state index is 0.586. The molecule has 0 N–H and O–H groups in total. The monoisotopic (exact) mass is 246 g/mol. The fraction of sp³-hybridized carbons (Fsp3) is 0.250. The molecule has 1 aromatic heterocycles. The number of rotatable bonds is 5. The van der Waals surface area contributed by atoms with E-state index in [-0.39, 0.29) is 0 Å². The molecule has 0 bridgehead atoms. The van der Waals surface area contributed by atoms with Crippen LogP contribution in [0.2, 0.25) is 0 Å². The molecule has 94 valence electrons. The zero-order valence-corrected chi connectivity index (χ0v) is 10.3. The predicted octanol–water partition coefficient (Wildman–Crippen LogP) is 1.57. The molecular formula is C12H14N4O2. The molecule has 1 aromatic carbocycles. The van der Waals surface area contributed by atoms with Crippen molar-refractivity contribution < 1.29 is 9.47 Å². The number of nitrogens with zero attached hydrogens (tertiary/aromatic N) is 4. The van der Waals surface area contributed by atoms with Crippen molar-refractivity contribution in [1.29, 1.82) is 0 Å². The van der Waals surface area contributed by atoms with E-state index >= 15 is 0 Å². The van der Waals surface area contributed by atoms with E-state index in [9.17, 15) is 0 Å². The van der Waals surface area contributed by atoms with Crippen LogP contribution >= 0.6 is 0 Å². The van der Waals surface area contributed by atoms with Crippen molar-refractivity contribution in [1.82, 2.24) is 14.9 Å². The molecule has 0 saturated carbocycles. The Labute approximate surface area is 105 Å². The molecule has 6 heteroatoms. The zero-order valence-electron chi connectivity index (χ0n) is 10.3. The molecular weight excluding hydrogens is 232 g/mol. The van der Waals surface area contributed by atoms with E-state index in [2.05, 4.69) is 15.3 Å². The first-order valence-electron chi connectivity index (χ1n) is 5.53. The summed E-state index contributed by atoms with van der Waals surface area (Å²) in [6.07, 6.45) is 4.73. The summed E-state index contributed by atoms with van der Waals surface area (Å²) in [6, 6.07) is 5.61. The zero-order chi connectivity index (χ0) is 12.8. The van der Waals surface area contributed by atoms with Crippen molar-refractivity contribution in [3.63, 3.8) is 0 Å². The van der Waals surface area contributed by atoms with Crippen LogP contribution in [0, 0.1) is 0 Å². The van der Waals surface area contributed by atoms with Gasteiger partial charge in [-0.2, -0.15) is 5.10 Å². The van der Waals surface area contributed by atoms with Crippen LogP contribution in [0.1, 0.15) is 12.5 Å². The first-order valence-corrected chi connectivity index (χ1v) is 5.53. The minimum atomic E-state index is 0.586. The maximum atomic E-state index is 5.49. The SMILES string of the molecule is CCOc1cc(/C=N/n2cnnc2)ccc1OC. The maximum absolute atomic E-state index is 5.49. The van der Waals surface area contributed by atoms with Crippen LogP contribution < -0.4 is 9.47 Å². The van der Waals surface area contributed by atoms with Crippen molar-refractivity contribution in [3.05, 3.63) is 36.4 Å². The molecule has 0 aliphatic rings. The summed E-state index contributed by atoms with van der Waals surface area (Å²) in [5, 5.41) is 11.5. The Hall–Kier alpha value is -2.37. The molecule has 2 aromatic rings. The normalized spacial score (nSPS) is 10.8. The number of ether oxygens (including phenoxy) is 2. The largest absolute Gasteiger partial charge is 0.493 e. The van der Waals surface area contributed by atoms with Crippen LogP contribution in [-0.4, -0.2) is 34.8 Å². The topological polar surface area (TPSA) is 61.5 Å². The van der Waals surface area contributed by atoms with E-state index in [0.29, 0.717) is 18.1 Å². The summed E-state index contributed by atoms with van der Waals surface area (Å²) in [7, 11) is 1.61. The number of hydrogen-bond acceptors (Lipinski definition) is 5. The molecule has 0 unspecified atom stereocenters. The summed E-state index contributed by atoms with van der Waals surface area (Å²) < 4.78 is 12.2. The van der Waals surface area contributed by atoms with Crippen LogP contribution in [0.3, 0.4) is 0 Å². The number of hydrogen-bond donors (Lipinski definition) is 0. The Morgan fingerprint density at radius 2 is 2.06 bits per heavy atom. The average Bonchev–Trinajstić information content (AvgIpc) is 2.90. The Morgan fingerprint density at radius 1 is 1.28 bits per heavy atom. The van der Waals surface area contributed by atoms with E-state index in [4.69, 9.17) is 9.47 Å². The molecule has 18 heavy (non-hydrogen) atoms. The standard InChI is InChI=1S/C12H14N4O2/c1-3-18-12-6-10(4-5-11(12)17-2)7-15-16-8-13-14-9-16/h4-9H,3H2,1-2H3/b15-7+. The first-order chi connectivity index (χ1) is 8.83. The van der Waals surface area contributed by atoms with Gasteiger partial charge in [-0.15, -0.1) is 10.2 Å². The Kier molecular flexibility index (Phi) is 3.90.